The third-order valence-electron chi connectivity index (χ3n) is 4.99. The predicted octanol–water partition coefficient (Wildman–Crippen LogP) is 4.01. The molecule has 0 spiro atoms. The molecule has 0 aliphatic carbocycles. The number of urea groups is 1. The first-order chi connectivity index (χ1) is 15.0. The number of thiazole rings is 1. The van der Waals surface area contributed by atoms with E-state index in [1.165, 1.54) is 11.3 Å². The van der Waals surface area contributed by atoms with Gasteiger partial charge < -0.3 is 15.5 Å². The number of pyridine rings is 1. The van der Waals surface area contributed by atoms with Crippen molar-refractivity contribution in [3.63, 3.8) is 0 Å². The van der Waals surface area contributed by atoms with E-state index >= 15 is 0 Å². The van der Waals surface area contributed by atoms with E-state index in [1.54, 1.807) is 65.7 Å². The minimum absolute atomic E-state index is 0.176. The van der Waals surface area contributed by atoms with Gasteiger partial charge in [-0.25, -0.2) is 14.8 Å². The van der Waals surface area contributed by atoms with Crippen molar-refractivity contribution in [1.29, 1.82) is 0 Å². The molecule has 0 bridgehead atoms. The first-order valence-corrected chi connectivity index (χ1v) is 11.0. The maximum absolute atomic E-state index is 13.4. The Bertz CT molecular complexity index is 1090. The van der Waals surface area contributed by atoms with Crippen molar-refractivity contribution in [2.24, 2.45) is 0 Å². The Balaban J connectivity index is 1.70. The molecule has 10 heteroatoms. The largest absolute Gasteiger partial charge is 0.329 e. The molecule has 1 aliphatic rings. The molecule has 1 aliphatic heterocycles. The summed E-state index contributed by atoms with van der Waals surface area (Å²) in [7, 11) is 1.72. The second-order valence-electron chi connectivity index (χ2n) is 7.09. The fourth-order valence-electron chi connectivity index (χ4n) is 3.22. The van der Waals surface area contributed by atoms with Crippen molar-refractivity contribution in [3.8, 4) is 0 Å². The summed E-state index contributed by atoms with van der Waals surface area (Å²) >= 11 is 7.52. The van der Waals surface area contributed by atoms with Crippen LogP contribution in [0, 0.1) is 0 Å². The smallest absolute Gasteiger partial charge is 0.312 e. The van der Waals surface area contributed by atoms with Gasteiger partial charge >= 0.3 is 6.03 Å². The summed E-state index contributed by atoms with van der Waals surface area (Å²) in [5.41, 5.74) is 4.58. The summed E-state index contributed by atoms with van der Waals surface area (Å²) in [6.45, 7) is 2.44. The van der Waals surface area contributed by atoms with E-state index < -0.39 is 0 Å². The van der Waals surface area contributed by atoms with Crippen LogP contribution in [0.4, 0.5) is 22.0 Å². The Labute approximate surface area is 188 Å². The number of nitrogens with zero attached hydrogens (tertiary/aromatic N) is 4. The molecule has 0 fully saturated rings. The van der Waals surface area contributed by atoms with Gasteiger partial charge in [-0.15, -0.1) is 11.3 Å². The van der Waals surface area contributed by atoms with Crippen molar-refractivity contribution in [2.75, 3.05) is 17.3 Å². The van der Waals surface area contributed by atoms with Crippen LogP contribution in [0.3, 0.4) is 0 Å². The molecule has 160 valence electrons. The molecule has 2 aromatic heterocycles. The summed E-state index contributed by atoms with van der Waals surface area (Å²) in [5, 5.41) is 8.22. The van der Waals surface area contributed by atoms with E-state index in [2.05, 4.69) is 20.6 Å². The molecule has 4 rings (SSSR count). The molecule has 1 aromatic carbocycles. The van der Waals surface area contributed by atoms with E-state index in [0.29, 0.717) is 41.0 Å². The van der Waals surface area contributed by atoms with Gasteiger partial charge in [0.1, 0.15) is 5.82 Å². The van der Waals surface area contributed by atoms with Gasteiger partial charge in [0.2, 0.25) is 5.91 Å². The predicted molar refractivity (Wildman–Crippen MR) is 122 cm³/mol. The molecule has 3 amide bonds. The Morgan fingerprint density at radius 1 is 1.26 bits per heavy atom. The standard InChI is InChI=1S/C21H21ClN6O2S/c1-13(23-2)20(29)26-19-8-7-18-17(25-19)10-27(9-15-11-31-12-24-15)21(30)28(18)16-5-3-14(22)4-6-16/h3-8,11-13,23H,9-10H2,1-2H3,(H,25,26,29). The second kappa shape index (κ2) is 9.01. The van der Waals surface area contributed by atoms with Crippen LogP contribution in [-0.2, 0) is 17.9 Å². The number of hydrogen-bond acceptors (Lipinski definition) is 6. The van der Waals surface area contributed by atoms with E-state index in [1.807, 2.05) is 5.38 Å². The van der Waals surface area contributed by atoms with Crippen LogP contribution in [-0.4, -0.2) is 39.9 Å². The van der Waals surface area contributed by atoms with Crippen molar-refractivity contribution >= 4 is 52.1 Å². The lowest BCUT2D eigenvalue weighted by Crippen LogP contribution is -2.44. The average Bonchev–Trinajstić information content (AvgIpc) is 3.28. The Morgan fingerprint density at radius 3 is 2.71 bits per heavy atom. The normalized spacial score (nSPS) is 14.4. The van der Waals surface area contributed by atoms with E-state index in [-0.39, 0.29) is 18.0 Å². The lowest BCUT2D eigenvalue weighted by Gasteiger charge is -2.36. The number of hydrogen-bond donors (Lipinski definition) is 2. The number of amides is 3. The summed E-state index contributed by atoms with van der Waals surface area (Å²) < 4.78 is 0. The molecule has 8 nitrogen and oxygen atoms in total. The van der Waals surface area contributed by atoms with Crippen molar-refractivity contribution in [2.45, 2.75) is 26.1 Å². The topological polar surface area (TPSA) is 90.5 Å². The summed E-state index contributed by atoms with van der Waals surface area (Å²) in [6, 6.07) is 10.0. The average molecular weight is 457 g/mol. The Morgan fingerprint density at radius 2 is 2.03 bits per heavy atom. The molecule has 2 N–H and O–H groups in total. The maximum atomic E-state index is 13.4. The van der Waals surface area contributed by atoms with Crippen LogP contribution >= 0.6 is 22.9 Å². The molecule has 31 heavy (non-hydrogen) atoms. The van der Waals surface area contributed by atoms with E-state index in [0.717, 1.165) is 5.69 Å². The van der Waals surface area contributed by atoms with Crippen molar-refractivity contribution < 1.29 is 9.59 Å². The Hall–Kier alpha value is -3.01. The zero-order chi connectivity index (χ0) is 22.0. The van der Waals surface area contributed by atoms with Crippen LogP contribution in [0.25, 0.3) is 0 Å². The van der Waals surface area contributed by atoms with Gasteiger partial charge in [-0.3, -0.25) is 9.69 Å². The number of aromatic nitrogens is 2. The highest BCUT2D eigenvalue weighted by molar-refractivity contribution is 7.07. The number of halogens is 1. The van der Waals surface area contributed by atoms with Crippen LogP contribution in [0.5, 0.6) is 0 Å². The van der Waals surface area contributed by atoms with E-state index in [9.17, 15) is 9.59 Å². The monoisotopic (exact) mass is 456 g/mol. The second-order valence-corrected chi connectivity index (χ2v) is 8.25. The van der Waals surface area contributed by atoms with Gasteiger partial charge in [-0.1, -0.05) is 11.6 Å². The first kappa shape index (κ1) is 21.2. The first-order valence-electron chi connectivity index (χ1n) is 9.66. The SMILES string of the molecule is CNC(C)C(=O)Nc1ccc2c(n1)CN(Cc1cscn1)C(=O)N2c1ccc(Cl)cc1. The number of anilines is 3. The van der Waals surface area contributed by atoms with Crippen LogP contribution in [0.1, 0.15) is 18.3 Å². The molecular weight excluding hydrogens is 436 g/mol. The third kappa shape index (κ3) is 4.53. The quantitative estimate of drug-likeness (QED) is 0.584. The number of carbonyl (C=O) groups is 2. The number of likely N-dealkylation sites (N-methyl/N-ethyl adjacent to an activating group) is 1. The number of nitrogens with one attached hydrogen (secondary N) is 2. The third-order valence-corrected chi connectivity index (χ3v) is 5.88. The summed E-state index contributed by atoms with van der Waals surface area (Å²) in [5.74, 6) is 0.251. The van der Waals surface area contributed by atoms with Gasteiger partial charge in [-0.2, -0.15) is 0 Å². The number of carbonyl (C=O) groups excluding carboxylic acids is 2. The number of benzene rings is 1. The minimum atomic E-state index is -0.355. The van der Waals surface area contributed by atoms with Gasteiger partial charge in [0.15, 0.2) is 0 Å². The summed E-state index contributed by atoms with van der Waals surface area (Å²) in [6.07, 6.45) is 0. The lowest BCUT2D eigenvalue weighted by atomic mass is 10.1. The molecular formula is C21H21ClN6O2S. The fourth-order valence-corrected chi connectivity index (χ4v) is 3.89. The lowest BCUT2D eigenvalue weighted by molar-refractivity contribution is -0.117. The molecule has 3 heterocycles. The maximum Gasteiger partial charge on any atom is 0.329 e. The molecule has 3 aromatic rings. The zero-order valence-electron chi connectivity index (χ0n) is 17.0. The van der Waals surface area contributed by atoms with Crippen LogP contribution in [0.2, 0.25) is 5.02 Å². The molecule has 1 atom stereocenters. The highest BCUT2D eigenvalue weighted by Crippen LogP contribution is 2.35. The summed E-state index contributed by atoms with van der Waals surface area (Å²) in [4.78, 5) is 37.9. The molecule has 0 radical (unpaired) electrons. The van der Waals surface area contributed by atoms with Crippen molar-refractivity contribution in [3.05, 3.63) is 63.7 Å². The molecule has 0 saturated carbocycles. The van der Waals surface area contributed by atoms with Gasteiger partial charge in [0.05, 0.1) is 47.4 Å². The number of fused-ring (bicyclic) bond motifs is 1. The zero-order valence-corrected chi connectivity index (χ0v) is 18.6. The highest BCUT2D eigenvalue weighted by atomic mass is 35.5. The van der Waals surface area contributed by atoms with E-state index in [4.69, 9.17) is 11.6 Å². The number of rotatable bonds is 6. The highest BCUT2D eigenvalue weighted by Gasteiger charge is 2.33. The Kier molecular flexibility index (Phi) is 6.17. The van der Waals surface area contributed by atoms with Gasteiger partial charge in [0, 0.05) is 10.4 Å². The van der Waals surface area contributed by atoms with Gasteiger partial charge in [-0.05, 0) is 50.4 Å². The van der Waals surface area contributed by atoms with Crippen LogP contribution < -0.4 is 15.5 Å². The van der Waals surface area contributed by atoms with Gasteiger partial charge in [0.25, 0.3) is 0 Å². The molecule has 0 saturated heterocycles. The van der Waals surface area contributed by atoms with Crippen molar-refractivity contribution in [1.82, 2.24) is 20.2 Å². The fraction of sp³-hybridized carbons (Fsp3) is 0.238. The molecule has 1 unspecified atom stereocenters. The minimum Gasteiger partial charge on any atom is -0.312 e. The van der Waals surface area contributed by atoms with Crippen LogP contribution in [0.15, 0.2) is 47.3 Å².